The maximum absolute atomic E-state index is 12.1. The summed E-state index contributed by atoms with van der Waals surface area (Å²) >= 11 is 0. The average Bonchev–Trinajstić information content (AvgIpc) is 2.51. The molecule has 0 aromatic heterocycles. The standard InChI is InChI=1S/C15H24N4O2/c1-11(19(3)9-8-14(20)17-2)15(21)18-13-6-4-12(10-16)5-7-13/h4-7,11H,8-10,16H2,1-3H3,(H,17,20)(H,18,21). The molecule has 1 unspecified atom stereocenters. The fraction of sp³-hybridized carbons (Fsp3) is 0.467. The Labute approximate surface area is 125 Å². The Bertz CT molecular complexity index is 473. The van der Waals surface area contributed by atoms with E-state index in [-0.39, 0.29) is 17.9 Å². The Hall–Kier alpha value is -1.92. The highest BCUT2D eigenvalue weighted by atomic mass is 16.2. The van der Waals surface area contributed by atoms with Crippen LogP contribution in [0.1, 0.15) is 18.9 Å². The number of amides is 2. The van der Waals surface area contributed by atoms with Crippen molar-refractivity contribution in [3.8, 4) is 0 Å². The van der Waals surface area contributed by atoms with Gasteiger partial charge < -0.3 is 16.4 Å². The van der Waals surface area contributed by atoms with E-state index in [9.17, 15) is 9.59 Å². The number of benzene rings is 1. The smallest absolute Gasteiger partial charge is 0.241 e. The second-order valence-electron chi connectivity index (χ2n) is 4.97. The average molecular weight is 292 g/mol. The second-order valence-corrected chi connectivity index (χ2v) is 4.97. The molecule has 21 heavy (non-hydrogen) atoms. The van der Waals surface area contributed by atoms with Gasteiger partial charge in [-0.1, -0.05) is 12.1 Å². The van der Waals surface area contributed by atoms with Gasteiger partial charge in [0.2, 0.25) is 11.8 Å². The molecule has 116 valence electrons. The van der Waals surface area contributed by atoms with Crippen molar-refractivity contribution in [1.82, 2.24) is 10.2 Å². The zero-order valence-corrected chi connectivity index (χ0v) is 12.8. The summed E-state index contributed by atoms with van der Waals surface area (Å²) in [6, 6.07) is 7.11. The number of anilines is 1. The Kier molecular flexibility index (Phi) is 6.84. The van der Waals surface area contributed by atoms with Crippen molar-refractivity contribution < 1.29 is 9.59 Å². The molecule has 0 radical (unpaired) electrons. The molecular weight excluding hydrogens is 268 g/mol. The predicted molar refractivity (Wildman–Crippen MR) is 83.7 cm³/mol. The fourth-order valence-electron chi connectivity index (χ4n) is 1.77. The van der Waals surface area contributed by atoms with Crippen LogP contribution in [0.3, 0.4) is 0 Å². The Morgan fingerprint density at radius 2 is 1.90 bits per heavy atom. The van der Waals surface area contributed by atoms with Gasteiger partial charge in [-0.3, -0.25) is 14.5 Å². The van der Waals surface area contributed by atoms with Gasteiger partial charge >= 0.3 is 0 Å². The van der Waals surface area contributed by atoms with Gasteiger partial charge in [0, 0.05) is 32.2 Å². The van der Waals surface area contributed by atoms with Crippen molar-refractivity contribution >= 4 is 17.5 Å². The minimum Gasteiger partial charge on any atom is -0.359 e. The second kappa shape index (κ2) is 8.39. The minimum absolute atomic E-state index is 0.0353. The van der Waals surface area contributed by atoms with Crippen LogP contribution in [-0.4, -0.2) is 43.4 Å². The lowest BCUT2D eigenvalue weighted by Gasteiger charge is -2.23. The van der Waals surface area contributed by atoms with Crippen molar-refractivity contribution in [2.45, 2.75) is 25.9 Å². The highest BCUT2D eigenvalue weighted by Crippen LogP contribution is 2.10. The third-order valence-electron chi connectivity index (χ3n) is 3.47. The summed E-state index contributed by atoms with van der Waals surface area (Å²) in [6.07, 6.45) is 0.371. The van der Waals surface area contributed by atoms with Crippen molar-refractivity contribution in [3.63, 3.8) is 0 Å². The van der Waals surface area contributed by atoms with Gasteiger partial charge in [-0.15, -0.1) is 0 Å². The Balaban J connectivity index is 2.50. The molecule has 0 fully saturated rings. The maximum Gasteiger partial charge on any atom is 0.241 e. The van der Waals surface area contributed by atoms with Crippen LogP contribution in [0, 0.1) is 0 Å². The summed E-state index contributed by atoms with van der Waals surface area (Å²) < 4.78 is 0. The van der Waals surface area contributed by atoms with Gasteiger partial charge in [-0.2, -0.15) is 0 Å². The predicted octanol–water partition coefficient (Wildman–Crippen LogP) is 0.540. The molecule has 0 bridgehead atoms. The van der Waals surface area contributed by atoms with E-state index in [1.165, 1.54) is 0 Å². The SMILES string of the molecule is CNC(=O)CCN(C)C(C)C(=O)Nc1ccc(CN)cc1. The number of carbonyl (C=O) groups is 2. The lowest BCUT2D eigenvalue weighted by Crippen LogP contribution is -2.41. The lowest BCUT2D eigenvalue weighted by atomic mass is 10.2. The van der Waals surface area contributed by atoms with E-state index >= 15 is 0 Å². The molecule has 0 heterocycles. The quantitative estimate of drug-likeness (QED) is 0.684. The van der Waals surface area contributed by atoms with Crippen molar-refractivity contribution in [2.75, 3.05) is 26.0 Å². The molecule has 6 nitrogen and oxygen atoms in total. The van der Waals surface area contributed by atoms with Crippen molar-refractivity contribution in [3.05, 3.63) is 29.8 Å². The summed E-state index contributed by atoms with van der Waals surface area (Å²) in [7, 11) is 3.42. The van der Waals surface area contributed by atoms with E-state index in [0.29, 0.717) is 19.5 Å². The molecule has 1 aromatic rings. The van der Waals surface area contributed by atoms with Crippen LogP contribution in [0.5, 0.6) is 0 Å². The molecule has 6 heteroatoms. The molecule has 1 atom stereocenters. The summed E-state index contributed by atoms with van der Waals surface area (Å²) in [6.45, 7) is 2.82. The molecule has 0 saturated heterocycles. The summed E-state index contributed by atoms with van der Waals surface area (Å²) in [4.78, 5) is 25.2. The van der Waals surface area contributed by atoms with Gasteiger partial charge in [0.1, 0.15) is 0 Å². The van der Waals surface area contributed by atoms with E-state index in [4.69, 9.17) is 5.73 Å². The maximum atomic E-state index is 12.1. The molecule has 2 amide bonds. The van der Waals surface area contributed by atoms with Gasteiger partial charge in [-0.05, 0) is 31.7 Å². The first-order valence-corrected chi connectivity index (χ1v) is 6.98. The van der Waals surface area contributed by atoms with Crippen LogP contribution >= 0.6 is 0 Å². The summed E-state index contributed by atoms with van der Waals surface area (Å²) in [5.74, 6) is -0.137. The van der Waals surface area contributed by atoms with Crippen LogP contribution in [0.2, 0.25) is 0 Å². The normalized spacial score (nSPS) is 12.0. The molecule has 0 aliphatic rings. The molecule has 0 aliphatic heterocycles. The van der Waals surface area contributed by atoms with Gasteiger partial charge in [0.15, 0.2) is 0 Å². The van der Waals surface area contributed by atoms with E-state index in [2.05, 4.69) is 10.6 Å². The molecule has 0 saturated carbocycles. The van der Waals surface area contributed by atoms with Gasteiger partial charge in [0.05, 0.1) is 6.04 Å². The fourth-order valence-corrected chi connectivity index (χ4v) is 1.77. The van der Waals surface area contributed by atoms with Crippen LogP contribution in [-0.2, 0) is 16.1 Å². The van der Waals surface area contributed by atoms with Crippen molar-refractivity contribution in [1.29, 1.82) is 0 Å². The molecule has 0 spiro atoms. The summed E-state index contributed by atoms with van der Waals surface area (Å²) in [5, 5.41) is 5.42. The largest absolute Gasteiger partial charge is 0.359 e. The zero-order chi connectivity index (χ0) is 15.8. The highest BCUT2D eigenvalue weighted by molar-refractivity contribution is 5.94. The molecule has 4 N–H and O–H groups in total. The topological polar surface area (TPSA) is 87.5 Å². The number of hydrogen-bond acceptors (Lipinski definition) is 4. The first kappa shape index (κ1) is 17.1. The van der Waals surface area contributed by atoms with Crippen LogP contribution in [0.25, 0.3) is 0 Å². The van der Waals surface area contributed by atoms with Gasteiger partial charge in [-0.25, -0.2) is 0 Å². The third kappa shape index (κ3) is 5.53. The zero-order valence-electron chi connectivity index (χ0n) is 12.8. The van der Waals surface area contributed by atoms with E-state index in [0.717, 1.165) is 11.3 Å². The van der Waals surface area contributed by atoms with Crippen LogP contribution < -0.4 is 16.4 Å². The number of nitrogens with one attached hydrogen (secondary N) is 2. The highest BCUT2D eigenvalue weighted by Gasteiger charge is 2.18. The lowest BCUT2D eigenvalue weighted by molar-refractivity contribution is -0.123. The number of likely N-dealkylation sites (N-methyl/N-ethyl adjacent to an activating group) is 1. The molecular formula is C15H24N4O2. The molecule has 1 rings (SSSR count). The van der Waals surface area contributed by atoms with E-state index in [1.807, 2.05) is 43.1 Å². The minimum atomic E-state index is -0.316. The van der Waals surface area contributed by atoms with Gasteiger partial charge in [0.25, 0.3) is 0 Å². The van der Waals surface area contributed by atoms with E-state index in [1.54, 1.807) is 7.05 Å². The number of nitrogens with zero attached hydrogens (tertiary/aromatic N) is 1. The number of hydrogen-bond donors (Lipinski definition) is 3. The number of nitrogens with two attached hydrogens (primary N) is 1. The van der Waals surface area contributed by atoms with E-state index < -0.39 is 0 Å². The number of carbonyl (C=O) groups excluding carboxylic acids is 2. The molecule has 1 aromatic carbocycles. The Morgan fingerprint density at radius 1 is 1.29 bits per heavy atom. The first-order valence-electron chi connectivity index (χ1n) is 6.98. The Morgan fingerprint density at radius 3 is 2.43 bits per heavy atom. The number of rotatable bonds is 7. The molecule has 0 aliphatic carbocycles. The summed E-state index contributed by atoms with van der Waals surface area (Å²) in [5.41, 5.74) is 7.29. The van der Waals surface area contributed by atoms with Crippen LogP contribution in [0.4, 0.5) is 5.69 Å². The first-order chi connectivity index (χ1) is 9.97. The van der Waals surface area contributed by atoms with Crippen molar-refractivity contribution in [2.24, 2.45) is 5.73 Å². The van der Waals surface area contributed by atoms with Crippen LogP contribution in [0.15, 0.2) is 24.3 Å². The third-order valence-corrected chi connectivity index (χ3v) is 3.47. The monoisotopic (exact) mass is 292 g/mol.